The van der Waals surface area contributed by atoms with Crippen molar-refractivity contribution in [3.63, 3.8) is 0 Å². The molecule has 1 saturated carbocycles. The molecule has 130 valence electrons. The lowest BCUT2D eigenvalue weighted by atomic mass is 10.1. The summed E-state index contributed by atoms with van der Waals surface area (Å²) in [4.78, 5) is 26.4. The van der Waals surface area contributed by atoms with Crippen LogP contribution in [0.4, 0.5) is 5.69 Å². The molecule has 6 heteroatoms. The molecule has 1 aromatic rings. The van der Waals surface area contributed by atoms with Crippen molar-refractivity contribution in [2.75, 3.05) is 36.5 Å². The first kappa shape index (κ1) is 17.3. The SMILES string of the molecule is O=C(COC1CCCC1)Nc1cccc(C(=O)N2CCSCC2)c1. The normalized spacial score (nSPS) is 18.6. The number of carbonyl (C=O) groups is 2. The van der Waals surface area contributed by atoms with E-state index in [1.807, 2.05) is 16.7 Å². The van der Waals surface area contributed by atoms with E-state index >= 15 is 0 Å². The number of benzene rings is 1. The van der Waals surface area contributed by atoms with Gasteiger partial charge in [-0.25, -0.2) is 0 Å². The molecule has 1 heterocycles. The molecule has 1 saturated heterocycles. The van der Waals surface area contributed by atoms with E-state index < -0.39 is 0 Å². The highest BCUT2D eigenvalue weighted by Gasteiger charge is 2.19. The van der Waals surface area contributed by atoms with Gasteiger partial charge in [-0.15, -0.1) is 0 Å². The van der Waals surface area contributed by atoms with Crippen LogP contribution in [0.25, 0.3) is 0 Å². The van der Waals surface area contributed by atoms with E-state index in [1.54, 1.807) is 24.3 Å². The fourth-order valence-electron chi connectivity index (χ4n) is 3.12. The number of rotatable bonds is 5. The average Bonchev–Trinajstić information content (AvgIpc) is 3.14. The fourth-order valence-corrected chi connectivity index (χ4v) is 4.03. The Balaban J connectivity index is 1.54. The van der Waals surface area contributed by atoms with E-state index in [9.17, 15) is 9.59 Å². The summed E-state index contributed by atoms with van der Waals surface area (Å²) in [6.07, 6.45) is 4.69. The molecular formula is C18H24N2O3S. The predicted molar refractivity (Wildman–Crippen MR) is 96.5 cm³/mol. The van der Waals surface area contributed by atoms with E-state index in [0.29, 0.717) is 11.3 Å². The minimum absolute atomic E-state index is 0.0357. The van der Waals surface area contributed by atoms with Crippen LogP contribution in [0, 0.1) is 0 Å². The van der Waals surface area contributed by atoms with Crippen molar-refractivity contribution < 1.29 is 14.3 Å². The molecule has 1 N–H and O–H groups in total. The minimum atomic E-state index is -0.166. The molecule has 2 amide bonds. The van der Waals surface area contributed by atoms with Gasteiger partial charge in [-0.2, -0.15) is 11.8 Å². The summed E-state index contributed by atoms with van der Waals surface area (Å²) in [5, 5.41) is 2.83. The summed E-state index contributed by atoms with van der Waals surface area (Å²) in [7, 11) is 0. The lowest BCUT2D eigenvalue weighted by Gasteiger charge is -2.26. The van der Waals surface area contributed by atoms with Gasteiger partial charge >= 0.3 is 0 Å². The van der Waals surface area contributed by atoms with E-state index in [-0.39, 0.29) is 24.5 Å². The third-order valence-electron chi connectivity index (χ3n) is 4.44. The zero-order chi connectivity index (χ0) is 16.8. The topological polar surface area (TPSA) is 58.6 Å². The molecule has 0 aromatic heterocycles. The van der Waals surface area contributed by atoms with Crippen LogP contribution in [0.1, 0.15) is 36.0 Å². The highest BCUT2D eigenvalue weighted by atomic mass is 32.2. The highest BCUT2D eigenvalue weighted by molar-refractivity contribution is 7.99. The number of ether oxygens (including phenoxy) is 1. The molecule has 0 unspecified atom stereocenters. The first-order chi connectivity index (χ1) is 11.7. The van der Waals surface area contributed by atoms with Crippen molar-refractivity contribution in [3.05, 3.63) is 29.8 Å². The number of anilines is 1. The van der Waals surface area contributed by atoms with E-state index in [4.69, 9.17) is 4.74 Å². The maximum Gasteiger partial charge on any atom is 0.253 e. The Kier molecular flexibility index (Phi) is 6.15. The van der Waals surface area contributed by atoms with Gasteiger partial charge in [0.15, 0.2) is 0 Å². The van der Waals surface area contributed by atoms with Crippen molar-refractivity contribution in [1.29, 1.82) is 0 Å². The van der Waals surface area contributed by atoms with Crippen molar-refractivity contribution in [2.24, 2.45) is 0 Å². The monoisotopic (exact) mass is 348 g/mol. The van der Waals surface area contributed by atoms with Gasteiger partial charge < -0.3 is 15.0 Å². The van der Waals surface area contributed by atoms with E-state index in [2.05, 4.69) is 5.32 Å². The molecule has 0 spiro atoms. The van der Waals surface area contributed by atoms with Crippen LogP contribution in [0.2, 0.25) is 0 Å². The number of hydrogen-bond acceptors (Lipinski definition) is 4. The molecule has 5 nitrogen and oxygen atoms in total. The quantitative estimate of drug-likeness (QED) is 0.889. The second-order valence-corrected chi connectivity index (χ2v) is 7.48. The predicted octanol–water partition coefficient (Wildman–Crippen LogP) is 2.77. The van der Waals surface area contributed by atoms with E-state index in [0.717, 1.165) is 37.4 Å². The largest absolute Gasteiger partial charge is 0.368 e. The fraction of sp³-hybridized carbons (Fsp3) is 0.556. The lowest BCUT2D eigenvalue weighted by molar-refractivity contribution is -0.122. The summed E-state index contributed by atoms with van der Waals surface area (Å²) in [5.74, 6) is 1.84. The summed E-state index contributed by atoms with van der Waals surface area (Å²) in [6, 6.07) is 7.15. The van der Waals surface area contributed by atoms with Crippen LogP contribution in [-0.4, -0.2) is 54.0 Å². The number of thioether (sulfide) groups is 1. The number of amides is 2. The van der Waals surface area contributed by atoms with Gasteiger partial charge in [0.2, 0.25) is 5.91 Å². The Morgan fingerprint density at radius 2 is 1.96 bits per heavy atom. The summed E-state index contributed by atoms with van der Waals surface area (Å²) >= 11 is 1.87. The van der Waals surface area contributed by atoms with Crippen LogP contribution < -0.4 is 5.32 Å². The Bertz CT molecular complexity index is 581. The van der Waals surface area contributed by atoms with Crippen LogP contribution in [-0.2, 0) is 9.53 Å². The number of nitrogens with one attached hydrogen (secondary N) is 1. The van der Waals surface area contributed by atoms with Gasteiger partial charge in [-0.3, -0.25) is 9.59 Å². The maximum atomic E-state index is 12.5. The molecule has 24 heavy (non-hydrogen) atoms. The molecule has 0 radical (unpaired) electrons. The number of hydrogen-bond donors (Lipinski definition) is 1. The van der Waals surface area contributed by atoms with Gasteiger partial charge in [-0.05, 0) is 31.0 Å². The van der Waals surface area contributed by atoms with Crippen molar-refractivity contribution in [1.82, 2.24) is 4.90 Å². The van der Waals surface area contributed by atoms with Crippen LogP contribution in [0.15, 0.2) is 24.3 Å². The Hall–Kier alpha value is -1.53. The third-order valence-corrected chi connectivity index (χ3v) is 5.39. The molecule has 0 bridgehead atoms. The molecule has 0 atom stereocenters. The van der Waals surface area contributed by atoms with Gasteiger partial charge in [0, 0.05) is 35.8 Å². The number of carbonyl (C=O) groups excluding carboxylic acids is 2. The Labute approximate surface area is 147 Å². The third kappa shape index (κ3) is 4.74. The second-order valence-electron chi connectivity index (χ2n) is 6.25. The zero-order valence-electron chi connectivity index (χ0n) is 13.8. The molecule has 1 aliphatic heterocycles. The molecule has 2 aliphatic rings. The average molecular weight is 348 g/mol. The lowest BCUT2D eigenvalue weighted by Crippen LogP contribution is -2.37. The van der Waals surface area contributed by atoms with Crippen molar-refractivity contribution in [2.45, 2.75) is 31.8 Å². The first-order valence-corrected chi connectivity index (χ1v) is 9.76. The minimum Gasteiger partial charge on any atom is -0.368 e. The van der Waals surface area contributed by atoms with Gasteiger partial charge in [0.1, 0.15) is 6.61 Å². The molecule has 1 aliphatic carbocycles. The van der Waals surface area contributed by atoms with Gasteiger partial charge in [0.25, 0.3) is 5.91 Å². The van der Waals surface area contributed by atoms with Crippen LogP contribution >= 0.6 is 11.8 Å². The van der Waals surface area contributed by atoms with Crippen molar-refractivity contribution in [3.8, 4) is 0 Å². The smallest absolute Gasteiger partial charge is 0.253 e. The van der Waals surface area contributed by atoms with E-state index in [1.165, 1.54) is 12.8 Å². The second kappa shape index (κ2) is 8.53. The summed E-state index contributed by atoms with van der Waals surface area (Å²) in [6.45, 7) is 1.65. The molecule has 1 aromatic carbocycles. The zero-order valence-corrected chi connectivity index (χ0v) is 14.6. The molecule has 2 fully saturated rings. The first-order valence-electron chi connectivity index (χ1n) is 8.61. The Morgan fingerprint density at radius 3 is 2.71 bits per heavy atom. The Morgan fingerprint density at radius 1 is 1.21 bits per heavy atom. The maximum absolute atomic E-state index is 12.5. The number of nitrogens with zero attached hydrogens (tertiary/aromatic N) is 1. The van der Waals surface area contributed by atoms with Gasteiger partial charge in [0.05, 0.1) is 6.10 Å². The summed E-state index contributed by atoms with van der Waals surface area (Å²) in [5.41, 5.74) is 1.27. The molecule has 3 rings (SSSR count). The standard InChI is InChI=1S/C18H24N2O3S/c21-17(13-23-16-6-1-2-7-16)19-15-5-3-4-14(12-15)18(22)20-8-10-24-11-9-20/h3-5,12,16H,1-2,6-11,13H2,(H,19,21). The van der Waals surface area contributed by atoms with Crippen molar-refractivity contribution >= 4 is 29.3 Å². The molecular weight excluding hydrogens is 324 g/mol. The summed E-state index contributed by atoms with van der Waals surface area (Å²) < 4.78 is 5.62. The van der Waals surface area contributed by atoms with Crippen LogP contribution in [0.3, 0.4) is 0 Å². The highest BCUT2D eigenvalue weighted by Crippen LogP contribution is 2.21. The van der Waals surface area contributed by atoms with Crippen LogP contribution in [0.5, 0.6) is 0 Å². The van der Waals surface area contributed by atoms with Gasteiger partial charge in [-0.1, -0.05) is 18.9 Å².